The van der Waals surface area contributed by atoms with E-state index in [4.69, 9.17) is 9.16 Å². The highest BCUT2D eigenvalue weighted by Crippen LogP contribution is 2.38. The van der Waals surface area contributed by atoms with Gasteiger partial charge in [0.15, 0.2) is 8.32 Å². The van der Waals surface area contributed by atoms with Gasteiger partial charge in [-0.1, -0.05) is 69.3 Å². The Hall–Kier alpha value is -1.69. The third-order valence-corrected chi connectivity index (χ3v) is 10.3. The number of carbonyl (C=O) groups excluding carboxylic acids is 1. The molecule has 0 aromatic heterocycles. The van der Waals surface area contributed by atoms with Crippen LogP contribution in [0.2, 0.25) is 18.1 Å². The van der Waals surface area contributed by atoms with Gasteiger partial charge in [0, 0.05) is 13.5 Å². The van der Waals surface area contributed by atoms with Crippen molar-refractivity contribution in [2.75, 3.05) is 6.54 Å². The monoisotopic (exact) mass is 401 g/mol. The summed E-state index contributed by atoms with van der Waals surface area (Å²) >= 11 is 0. The fourth-order valence-corrected chi connectivity index (χ4v) is 4.39. The molecule has 1 aromatic carbocycles. The average Bonchev–Trinajstić information content (AvgIpc) is 2.64. The lowest BCUT2D eigenvalue weighted by atomic mass is 9.98. The summed E-state index contributed by atoms with van der Waals surface area (Å²) in [6, 6.07) is 9.86. The Kier molecular flexibility index (Phi) is 7.43. The Morgan fingerprint density at radius 3 is 2.50 bits per heavy atom. The summed E-state index contributed by atoms with van der Waals surface area (Å²) in [7, 11) is -2.04. The standard InChI is InChI=1S/C23H35NO3Si/c1-8-20(27-28(6,7)23(3,4)5)22-21(15-12-16-24(22)18(2)25)26-17-19-13-10-9-11-14-19/h8-15,20-22H,1,16-17H2,2-7H3/t20-,21+,22-/m0/s1. The van der Waals surface area contributed by atoms with Gasteiger partial charge in [0.2, 0.25) is 5.91 Å². The van der Waals surface area contributed by atoms with Gasteiger partial charge < -0.3 is 14.1 Å². The van der Waals surface area contributed by atoms with Gasteiger partial charge in [-0.15, -0.1) is 6.58 Å². The summed E-state index contributed by atoms with van der Waals surface area (Å²) < 4.78 is 12.9. The minimum atomic E-state index is -2.04. The zero-order chi connectivity index (χ0) is 20.9. The van der Waals surface area contributed by atoms with Crippen LogP contribution in [0.3, 0.4) is 0 Å². The van der Waals surface area contributed by atoms with Crippen molar-refractivity contribution in [2.24, 2.45) is 0 Å². The lowest BCUT2D eigenvalue weighted by Gasteiger charge is -2.45. The van der Waals surface area contributed by atoms with E-state index in [1.165, 1.54) is 0 Å². The Morgan fingerprint density at radius 1 is 1.32 bits per heavy atom. The molecule has 0 fully saturated rings. The third kappa shape index (κ3) is 5.43. The fourth-order valence-electron chi connectivity index (χ4n) is 3.12. The van der Waals surface area contributed by atoms with E-state index in [0.29, 0.717) is 13.2 Å². The molecule has 28 heavy (non-hydrogen) atoms. The summed E-state index contributed by atoms with van der Waals surface area (Å²) in [5.41, 5.74) is 1.11. The normalized spacial score (nSPS) is 21.4. The third-order valence-electron chi connectivity index (χ3n) is 5.82. The Balaban J connectivity index is 2.27. The fraction of sp³-hybridized carbons (Fsp3) is 0.522. The van der Waals surface area contributed by atoms with Crippen molar-refractivity contribution < 1.29 is 14.0 Å². The zero-order valence-electron chi connectivity index (χ0n) is 18.1. The van der Waals surface area contributed by atoms with Gasteiger partial charge in [-0.3, -0.25) is 4.79 Å². The number of nitrogens with zero attached hydrogens (tertiary/aromatic N) is 1. The van der Waals surface area contributed by atoms with Crippen LogP contribution in [0.1, 0.15) is 33.3 Å². The quantitative estimate of drug-likeness (QED) is 0.480. The Bertz CT molecular complexity index is 694. The molecule has 0 N–H and O–H groups in total. The number of carbonyl (C=O) groups is 1. The molecule has 4 nitrogen and oxygen atoms in total. The molecular weight excluding hydrogens is 366 g/mol. The molecule has 0 saturated carbocycles. The lowest BCUT2D eigenvalue weighted by Crippen LogP contribution is -2.58. The molecule has 0 spiro atoms. The molecule has 1 aliphatic heterocycles. The van der Waals surface area contributed by atoms with Gasteiger partial charge >= 0.3 is 0 Å². The van der Waals surface area contributed by atoms with Crippen LogP contribution < -0.4 is 0 Å². The van der Waals surface area contributed by atoms with E-state index in [1.807, 2.05) is 47.4 Å². The smallest absolute Gasteiger partial charge is 0.220 e. The summed E-state index contributed by atoms with van der Waals surface area (Å²) in [4.78, 5) is 14.2. The maximum Gasteiger partial charge on any atom is 0.220 e. The molecular formula is C23H35NO3Si. The summed E-state index contributed by atoms with van der Waals surface area (Å²) in [6.07, 6.45) is 5.36. The van der Waals surface area contributed by atoms with Gasteiger partial charge in [0.05, 0.1) is 24.9 Å². The van der Waals surface area contributed by atoms with Crippen molar-refractivity contribution in [3.05, 3.63) is 60.7 Å². The first kappa shape index (κ1) is 22.6. The van der Waals surface area contributed by atoms with Crippen LogP contribution in [-0.2, 0) is 20.6 Å². The molecule has 2 rings (SSSR count). The van der Waals surface area contributed by atoms with Crippen LogP contribution in [0.15, 0.2) is 55.1 Å². The highest BCUT2D eigenvalue weighted by molar-refractivity contribution is 6.74. The van der Waals surface area contributed by atoms with E-state index in [-0.39, 0.29) is 29.2 Å². The van der Waals surface area contributed by atoms with E-state index >= 15 is 0 Å². The number of rotatable bonds is 7. The second-order valence-electron chi connectivity index (χ2n) is 8.93. The molecule has 3 atom stereocenters. The number of hydrogen-bond acceptors (Lipinski definition) is 3. The van der Waals surface area contributed by atoms with Crippen LogP contribution in [0, 0.1) is 0 Å². The average molecular weight is 402 g/mol. The largest absolute Gasteiger partial charge is 0.408 e. The van der Waals surface area contributed by atoms with Gasteiger partial charge in [-0.25, -0.2) is 0 Å². The van der Waals surface area contributed by atoms with Gasteiger partial charge in [0.25, 0.3) is 0 Å². The maximum absolute atomic E-state index is 12.4. The highest BCUT2D eigenvalue weighted by Gasteiger charge is 2.43. The van der Waals surface area contributed by atoms with Crippen molar-refractivity contribution in [2.45, 2.75) is 70.7 Å². The highest BCUT2D eigenvalue weighted by atomic mass is 28.4. The molecule has 1 aromatic rings. The zero-order valence-corrected chi connectivity index (χ0v) is 19.1. The first-order chi connectivity index (χ1) is 13.1. The van der Waals surface area contributed by atoms with Crippen LogP contribution in [0.4, 0.5) is 0 Å². The molecule has 0 aliphatic carbocycles. The number of hydrogen-bond donors (Lipinski definition) is 0. The first-order valence-electron chi connectivity index (χ1n) is 9.96. The lowest BCUT2D eigenvalue weighted by molar-refractivity contribution is -0.137. The van der Waals surface area contributed by atoms with Crippen molar-refractivity contribution in [3.63, 3.8) is 0 Å². The van der Waals surface area contributed by atoms with E-state index in [1.54, 1.807) is 6.92 Å². The van der Waals surface area contributed by atoms with Gasteiger partial charge in [0.1, 0.15) is 0 Å². The molecule has 154 valence electrons. The molecule has 1 aliphatic rings. The molecule has 5 heteroatoms. The molecule has 0 radical (unpaired) electrons. The van der Waals surface area contributed by atoms with E-state index in [2.05, 4.69) is 46.5 Å². The van der Waals surface area contributed by atoms with Crippen LogP contribution in [-0.4, -0.2) is 43.9 Å². The van der Waals surface area contributed by atoms with E-state index < -0.39 is 8.32 Å². The van der Waals surface area contributed by atoms with E-state index in [0.717, 1.165) is 5.56 Å². The van der Waals surface area contributed by atoms with E-state index in [9.17, 15) is 4.79 Å². The van der Waals surface area contributed by atoms with Gasteiger partial charge in [-0.2, -0.15) is 0 Å². The molecule has 1 heterocycles. The van der Waals surface area contributed by atoms with Gasteiger partial charge in [-0.05, 0) is 23.7 Å². The van der Waals surface area contributed by atoms with Crippen LogP contribution >= 0.6 is 0 Å². The predicted molar refractivity (Wildman–Crippen MR) is 118 cm³/mol. The topological polar surface area (TPSA) is 38.8 Å². The Morgan fingerprint density at radius 2 is 1.96 bits per heavy atom. The minimum Gasteiger partial charge on any atom is -0.408 e. The van der Waals surface area contributed by atoms with Crippen LogP contribution in [0.25, 0.3) is 0 Å². The predicted octanol–water partition coefficient (Wildman–Crippen LogP) is 4.94. The SMILES string of the molecule is C=C[C@H](O[Si](C)(C)C(C)(C)C)[C@H]1[C@H](OCc2ccccc2)C=CCN1C(C)=O. The molecule has 0 saturated heterocycles. The first-order valence-corrected chi connectivity index (χ1v) is 12.9. The summed E-state index contributed by atoms with van der Waals surface area (Å²) in [5.74, 6) is 0.0216. The molecule has 1 amide bonds. The molecule has 0 bridgehead atoms. The maximum atomic E-state index is 12.4. The summed E-state index contributed by atoms with van der Waals surface area (Å²) in [6.45, 7) is 17.8. The van der Waals surface area contributed by atoms with Crippen molar-refractivity contribution in [3.8, 4) is 0 Å². The van der Waals surface area contributed by atoms with Crippen molar-refractivity contribution in [1.82, 2.24) is 4.90 Å². The Labute approximate surface area is 171 Å². The minimum absolute atomic E-state index is 0.0216. The van der Waals surface area contributed by atoms with Crippen molar-refractivity contribution in [1.29, 1.82) is 0 Å². The van der Waals surface area contributed by atoms with Crippen LogP contribution in [0.5, 0.6) is 0 Å². The number of benzene rings is 1. The van der Waals surface area contributed by atoms with Crippen molar-refractivity contribution >= 4 is 14.2 Å². The number of ether oxygens (including phenoxy) is 1. The summed E-state index contributed by atoms with van der Waals surface area (Å²) in [5, 5.41) is 0.0697. The second kappa shape index (κ2) is 9.20. The molecule has 0 unspecified atom stereocenters. The second-order valence-corrected chi connectivity index (χ2v) is 13.7. The number of amides is 1.